The van der Waals surface area contributed by atoms with Gasteiger partial charge in [-0.1, -0.05) is 12.8 Å². The van der Waals surface area contributed by atoms with Crippen molar-refractivity contribution >= 4 is 12.4 Å². The van der Waals surface area contributed by atoms with E-state index in [1.807, 2.05) is 0 Å². The van der Waals surface area contributed by atoms with E-state index in [4.69, 9.17) is 0 Å². The van der Waals surface area contributed by atoms with Gasteiger partial charge in [0.2, 0.25) is 0 Å². The smallest absolute Gasteiger partial charge is 0.313 e. The van der Waals surface area contributed by atoms with Gasteiger partial charge < -0.3 is 4.74 Å². The third kappa shape index (κ3) is 2.62. The maximum absolute atomic E-state index is 10.5. The Morgan fingerprint density at radius 2 is 2.30 bits per heavy atom. The molecule has 1 rings (SSSR count). The minimum absolute atomic E-state index is 0.190. The van der Waals surface area contributed by atoms with Crippen LogP contribution in [0.2, 0.25) is 0 Å². The van der Waals surface area contributed by atoms with Crippen LogP contribution < -0.4 is 0 Å². The summed E-state index contributed by atoms with van der Waals surface area (Å²) < 4.78 is 4.10. The molecule has 3 heteroatoms. The maximum Gasteiger partial charge on any atom is 0.313 e. The largest absolute Gasteiger partial charge is 0.395 e. The molecule has 0 aromatic carbocycles. The Morgan fingerprint density at radius 3 is 2.80 bits per heavy atom. The van der Waals surface area contributed by atoms with E-state index in [-0.39, 0.29) is 6.47 Å². The van der Waals surface area contributed by atoms with Crippen molar-refractivity contribution in [3.05, 3.63) is 0 Å². The van der Waals surface area contributed by atoms with Crippen molar-refractivity contribution in [2.24, 2.45) is 5.92 Å². The first-order valence-corrected chi connectivity index (χ1v) is 3.46. The Morgan fingerprint density at radius 1 is 1.60 bits per heavy atom. The number of carbonyl (C=O) groups excluding carboxylic acids is 2. The number of hydrogen-bond donors (Lipinski definition) is 0. The zero-order valence-corrected chi connectivity index (χ0v) is 5.71. The van der Waals surface area contributed by atoms with E-state index in [0.29, 0.717) is 6.42 Å². The molecule has 0 atom stereocenters. The van der Waals surface area contributed by atoms with Gasteiger partial charge in [-0.3, -0.25) is 9.59 Å². The Balaban J connectivity index is 1.99. The highest BCUT2D eigenvalue weighted by Gasteiger charge is 2.21. The van der Waals surface area contributed by atoms with Gasteiger partial charge in [0.05, 0.1) is 0 Å². The Kier molecular flexibility index (Phi) is 2.42. The minimum Gasteiger partial charge on any atom is -0.395 e. The van der Waals surface area contributed by atoms with Crippen molar-refractivity contribution in [3.8, 4) is 0 Å². The molecule has 0 radical (unpaired) electrons. The molecule has 3 nitrogen and oxygen atoms in total. The van der Waals surface area contributed by atoms with Gasteiger partial charge >= 0.3 is 12.4 Å². The predicted molar refractivity (Wildman–Crippen MR) is 34.1 cm³/mol. The third-order valence-electron chi connectivity index (χ3n) is 1.63. The van der Waals surface area contributed by atoms with Crippen LogP contribution in [0.15, 0.2) is 0 Å². The lowest BCUT2D eigenvalue weighted by molar-refractivity contribution is -0.151. The number of esters is 1. The summed E-state index contributed by atoms with van der Waals surface area (Å²) in [7, 11) is 0. The first-order chi connectivity index (χ1) is 4.83. The van der Waals surface area contributed by atoms with Crippen molar-refractivity contribution in [1.29, 1.82) is 0 Å². The molecule has 0 aromatic heterocycles. The van der Waals surface area contributed by atoms with Crippen molar-refractivity contribution in [3.63, 3.8) is 0 Å². The Hall–Kier alpha value is -0.860. The second-order valence-corrected chi connectivity index (χ2v) is 2.57. The molecule has 0 aliphatic heterocycles. The lowest BCUT2D eigenvalue weighted by Crippen LogP contribution is -2.02. The van der Waals surface area contributed by atoms with Crippen molar-refractivity contribution in [1.82, 2.24) is 0 Å². The van der Waals surface area contributed by atoms with Crippen LogP contribution in [0.25, 0.3) is 0 Å². The van der Waals surface area contributed by atoms with Crippen LogP contribution in [0.5, 0.6) is 0 Å². The SMILES string of the molecule is O=COC(=O)CCC1CC1. The van der Waals surface area contributed by atoms with E-state index in [9.17, 15) is 9.59 Å². The summed E-state index contributed by atoms with van der Waals surface area (Å²) in [6.45, 7) is 0.190. The standard InChI is InChI=1S/C7H10O3/c8-5-10-7(9)4-3-6-1-2-6/h5-6H,1-4H2. The molecule has 10 heavy (non-hydrogen) atoms. The second kappa shape index (κ2) is 3.34. The van der Waals surface area contributed by atoms with E-state index >= 15 is 0 Å². The summed E-state index contributed by atoms with van der Waals surface area (Å²) in [6.07, 6.45) is 3.73. The molecule has 1 fully saturated rings. The van der Waals surface area contributed by atoms with Crippen LogP contribution in [-0.4, -0.2) is 12.4 Å². The molecular formula is C7H10O3. The van der Waals surface area contributed by atoms with Gasteiger partial charge in [0.25, 0.3) is 0 Å². The van der Waals surface area contributed by atoms with Crippen molar-refractivity contribution in [2.75, 3.05) is 0 Å². The average Bonchev–Trinajstić information content (AvgIpc) is 2.67. The van der Waals surface area contributed by atoms with Crippen molar-refractivity contribution < 1.29 is 14.3 Å². The summed E-state index contributed by atoms with van der Waals surface area (Å²) in [6, 6.07) is 0. The van der Waals surface area contributed by atoms with E-state index in [1.165, 1.54) is 12.8 Å². The lowest BCUT2D eigenvalue weighted by Gasteiger charge is -1.93. The molecule has 1 aliphatic rings. The summed E-state index contributed by atoms with van der Waals surface area (Å²) in [5.74, 6) is 0.320. The van der Waals surface area contributed by atoms with Gasteiger partial charge in [0.15, 0.2) is 0 Å². The highest BCUT2D eigenvalue weighted by Crippen LogP contribution is 2.33. The van der Waals surface area contributed by atoms with Crippen LogP contribution in [0.3, 0.4) is 0 Å². The average molecular weight is 142 g/mol. The van der Waals surface area contributed by atoms with E-state index in [2.05, 4.69) is 4.74 Å². The third-order valence-corrected chi connectivity index (χ3v) is 1.63. The summed E-state index contributed by atoms with van der Waals surface area (Å²) >= 11 is 0. The Bertz CT molecular complexity index is 138. The second-order valence-electron chi connectivity index (χ2n) is 2.57. The van der Waals surface area contributed by atoms with Crippen LogP contribution in [0.1, 0.15) is 25.7 Å². The van der Waals surface area contributed by atoms with Crippen molar-refractivity contribution in [2.45, 2.75) is 25.7 Å². The lowest BCUT2D eigenvalue weighted by atomic mass is 10.2. The molecular weight excluding hydrogens is 132 g/mol. The van der Waals surface area contributed by atoms with Crippen LogP contribution in [0.4, 0.5) is 0 Å². The topological polar surface area (TPSA) is 43.4 Å². The van der Waals surface area contributed by atoms with Gasteiger partial charge in [-0.2, -0.15) is 0 Å². The first kappa shape index (κ1) is 7.25. The van der Waals surface area contributed by atoms with Gasteiger partial charge in [0.1, 0.15) is 0 Å². The molecule has 0 spiro atoms. The summed E-state index contributed by atoms with van der Waals surface area (Å²) in [5.41, 5.74) is 0. The van der Waals surface area contributed by atoms with Gasteiger partial charge in [0, 0.05) is 6.42 Å². The van der Waals surface area contributed by atoms with E-state index < -0.39 is 5.97 Å². The van der Waals surface area contributed by atoms with E-state index in [0.717, 1.165) is 12.3 Å². The summed E-state index contributed by atoms with van der Waals surface area (Å²) in [4.78, 5) is 20.2. The fourth-order valence-electron chi connectivity index (χ4n) is 0.841. The molecule has 1 saturated carbocycles. The molecule has 0 amide bonds. The molecule has 0 saturated heterocycles. The molecule has 0 unspecified atom stereocenters. The molecule has 0 N–H and O–H groups in total. The zero-order chi connectivity index (χ0) is 7.40. The summed E-state index contributed by atoms with van der Waals surface area (Å²) in [5, 5.41) is 0. The molecule has 56 valence electrons. The molecule has 1 aliphatic carbocycles. The molecule has 0 aromatic rings. The minimum atomic E-state index is -0.401. The highest BCUT2D eigenvalue weighted by atomic mass is 16.6. The van der Waals surface area contributed by atoms with Gasteiger partial charge in [-0.15, -0.1) is 0 Å². The maximum atomic E-state index is 10.5. The van der Waals surface area contributed by atoms with Crippen LogP contribution in [0, 0.1) is 5.92 Å². The zero-order valence-electron chi connectivity index (χ0n) is 5.71. The highest BCUT2D eigenvalue weighted by molar-refractivity contribution is 5.76. The number of carbonyl (C=O) groups is 2. The van der Waals surface area contributed by atoms with Gasteiger partial charge in [-0.25, -0.2) is 0 Å². The fourth-order valence-corrected chi connectivity index (χ4v) is 0.841. The number of ether oxygens (including phenoxy) is 1. The molecule has 0 heterocycles. The first-order valence-electron chi connectivity index (χ1n) is 3.46. The molecule has 0 bridgehead atoms. The van der Waals surface area contributed by atoms with Crippen LogP contribution in [-0.2, 0) is 14.3 Å². The Labute approximate surface area is 59.4 Å². The quantitative estimate of drug-likeness (QED) is 0.332. The predicted octanol–water partition coefficient (Wildman–Crippen LogP) is 0.876. The van der Waals surface area contributed by atoms with Crippen LogP contribution >= 0.6 is 0 Å². The normalized spacial score (nSPS) is 16.4. The fraction of sp³-hybridized carbons (Fsp3) is 0.714. The van der Waals surface area contributed by atoms with Gasteiger partial charge in [-0.05, 0) is 12.3 Å². The number of rotatable bonds is 4. The number of hydrogen-bond acceptors (Lipinski definition) is 3. The van der Waals surface area contributed by atoms with E-state index in [1.54, 1.807) is 0 Å². The monoisotopic (exact) mass is 142 g/mol.